The topological polar surface area (TPSA) is 75.1 Å². The lowest BCUT2D eigenvalue weighted by atomic mass is 9.93. The first-order valence-corrected chi connectivity index (χ1v) is 9.82. The van der Waals surface area contributed by atoms with Crippen LogP contribution in [0.3, 0.4) is 0 Å². The van der Waals surface area contributed by atoms with Gasteiger partial charge >= 0.3 is 0 Å². The average Bonchev–Trinajstić information content (AvgIpc) is 3.04. The number of carbonyl (C=O) groups is 1. The molecule has 1 amide bonds. The largest absolute Gasteiger partial charge is 0.351 e. The average molecular weight is 421 g/mol. The molecule has 0 spiro atoms. The SMILES string of the molecule is CCN1CCC(CCNC(=O)c2nnn(C3CCNCC3)c2C)CC1.Cl.Cl. The van der Waals surface area contributed by atoms with Gasteiger partial charge in [-0.05, 0) is 77.7 Å². The Hall–Kier alpha value is -0.890. The number of nitrogens with one attached hydrogen (secondary N) is 2. The van der Waals surface area contributed by atoms with Crippen LogP contribution in [0.4, 0.5) is 0 Å². The first kappa shape index (κ1) is 24.1. The van der Waals surface area contributed by atoms with Crippen molar-refractivity contribution in [1.29, 1.82) is 0 Å². The molecule has 3 heterocycles. The molecule has 9 heteroatoms. The molecule has 0 saturated carbocycles. The molecule has 156 valence electrons. The second-order valence-electron chi connectivity index (χ2n) is 7.37. The Labute approximate surface area is 174 Å². The molecule has 0 unspecified atom stereocenters. The van der Waals surface area contributed by atoms with Gasteiger partial charge in [0, 0.05) is 6.54 Å². The third kappa shape index (κ3) is 6.31. The lowest BCUT2D eigenvalue weighted by Crippen LogP contribution is -2.35. The Morgan fingerprint density at radius 3 is 2.48 bits per heavy atom. The van der Waals surface area contributed by atoms with Crippen molar-refractivity contribution in [3.05, 3.63) is 11.4 Å². The van der Waals surface area contributed by atoms with E-state index in [1.165, 1.54) is 25.9 Å². The monoisotopic (exact) mass is 420 g/mol. The smallest absolute Gasteiger partial charge is 0.273 e. The van der Waals surface area contributed by atoms with Gasteiger partial charge in [0.05, 0.1) is 11.7 Å². The zero-order valence-corrected chi connectivity index (χ0v) is 18.1. The second kappa shape index (κ2) is 11.8. The molecule has 1 aromatic heterocycles. The molecular formula is C18H34Cl2N6O. The fourth-order valence-electron chi connectivity index (χ4n) is 4.01. The van der Waals surface area contributed by atoms with Crippen molar-refractivity contribution in [3.63, 3.8) is 0 Å². The molecule has 2 fully saturated rings. The van der Waals surface area contributed by atoms with Crippen LogP contribution in [0, 0.1) is 12.8 Å². The summed E-state index contributed by atoms with van der Waals surface area (Å²) in [4.78, 5) is 15.0. The molecule has 2 N–H and O–H groups in total. The van der Waals surface area contributed by atoms with Crippen LogP contribution < -0.4 is 10.6 Å². The Morgan fingerprint density at radius 1 is 1.19 bits per heavy atom. The molecule has 0 aromatic carbocycles. The van der Waals surface area contributed by atoms with E-state index in [4.69, 9.17) is 0 Å². The van der Waals surface area contributed by atoms with Crippen molar-refractivity contribution in [2.45, 2.75) is 52.0 Å². The number of halogens is 2. The summed E-state index contributed by atoms with van der Waals surface area (Å²) < 4.78 is 1.94. The van der Waals surface area contributed by atoms with Crippen LogP contribution in [-0.4, -0.2) is 65.1 Å². The van der Waals surface area contributed by atoms with Crippen LogP contribution in [0.25, 0.3) is 0 Å². The number of likely N-dealkylation sites (tertiary alicyclic amines) is 1. The standard InChI is InChI=1S/C18H32N6O.2ClH/c1-3-23-12-7-15(8-13-23)4-11-20-18(25)17-14(2)24(22-21-17)16-5-9-19-10-6-16;;/h15-16,19H,3-13H2,1-2H3,(H,20,25);2*1H. The quantitative estimate of drug-likeness (QED) is 0.737. The Bertz CT molecular complexity index is 568. The van der Waals surface area contributed by atoms with Crippen LogP contribution in [0.15, 0.2) is 0 Å². The van der Waals surface area contributed by atoms with Gasteiger partial charge < -0.3 is 15.5 Å². The van der Waals surface area contributed by atoms with E-state index in [0.29, 0.717) is 11.7 Å². The van der Waals surface area contributed by atoms with Gasteiger partial charge in [-0.25, -0.2) is 4.68 Å². The number of piperidine rings is 2. The normalized spacial score (nSPS) is 19.2. The van der Waals surface area contributed by atoms with Crippen molar-refractivity contribution < 1.29 is 4.79 Å². The van der Waals surface area contributed by atoms with E-state index in [2.05, 4.69) is 32.8 Å². The number of hydrogen-bond donors (Lipinski definition) is 2. The van der Waals surface area contributed by atoms with Crippen molar-refractivity contribution in [3.8, 4) is 0 Å². The lowest BCUT2D eigenvalue weighted by Gasteiger charge is -2.30. The molecular weight excluding hydrogens is 387 g/mol. The molecule has 0 aliphatic carbocycles. The van der Waals surface area contributed by atoms with Crippen LogP contribution >= 0.6 is 24.8 Å². The van der Waals surface area contributed by atoms with Gasteiger partial charge in [-0.3, -0.25) is 4.79 Å². The summed E-state index contributed by atoms with van der Waals surface area (Å²) in [5.41, 5.74) is 1.37. The molecule has 0 atom stereocenters. The number of hydrogen-bond acceptors (Lipinski definition) is 5. The van der Waals surface area contributed by atoms with Crippen molar-refractivity contribution in [2.75, 3.05) is 39.3 Å². The Morgan fingerprint density at radius 2 is 1.85 bits per heavy atom. The van der Waals surface area contributed by atoms with E-state index < -0.39 is 0 Å². The minimum absolute atomic E-state index is 0. The summed E-state index contributed by atoms with van der Waals surface area (Å²) in [5.74, 6) is 0.651. The third-order valence-electron chi connectivity index (χ3n) is 5.79. The number of aromatic nitrogens is 3. The third-order valence-corrected chi connectivity index (χ3v) is 5.79. The summed E-state index contributed by atoms with van der Waals surface area (Å²) in [6.45, 7) is 10.4. The van der Waals surface area contributed by atoms with Crippen molar-refractivity contribution in [2.24, 2.45) is 5.92 Å². The van der Waals surface area contributed by atoms with E-state index in [9.17, 15) is 4.79 Å². The molecule has 2 aliphatic rings. The predicted octanol–water partition coefficient (Wildman–Crippen LogP) is 2.21. The fraction of sp³-hybridized carbons (Fsp3) is 0.833. The van der Waals surface area contributed by atoms with E-state index >= 15 is 0 Å². The van der Waals surface area contributed by atoms with Gasteiger partial charge in [-0.1, -0.05) is 12.1 Å². The highest BCUT2D eigenvalue weighted by Gasteiger charge is 2.23. The van der Waals surface area contributed by atoms with Gasteiger partial charge in [-0.15, -0.1) is 29.9 Å². The number of rotatable bonds is 6. The van der Waals surface area contributed by atoms with Gasteiger partial charge in [0.15, 0.2) is 5.69 Å². The minimum Gasteiger partial charge on any atom is -0.351 e. The fourth-order valence-corrected chi connectivity index (χ4v) is 4.01. The second-order valence-corrected chi connectivity index (χ2v) is 7.37. The summed E-state index contributed by atoms with van der Waals surface area (Å²) >= 11 is 0. The Balaban J connectivity index is 0.00000182. The molecule has 2 aliphatic heterocycles. The van der Waals surface area contributed by atoms with Gasteiger partial charge in [0.1, 0.15) is 0 Å². The minimum atomic E-state index is -0.0799. The maximum atomic E-state index is 12.5. The van der Waals surface area contributed by atoms with Crippen LogP contribution in [0.2, 0.25) is 0 Å². The van der Waals surface area contributed by atoms with Gasteiger partial charge in [-0.2, -0.15) is 0 Å². The number of nitrogens with zero attached hydrogens (tertiary/aromatic N) is 4. The highest BCUT2D eigenvalue weighted by atomic mass is 35.5. The van der Waals surface area contributed by atoms with Gasteiger partial charge in [0.25, 0.3) is 5.91 Å². The van der Waals surface area contributed by atoms with Crippen LogP contribution in [0.1, 0.15) is 61.3 Å². The molecule has 3 rings (SSSR count). The highest BCUT2D eigenvalue weighted by Crippen LogP contribution is 2.21. The molecule has 7 nitrogen and oxygen atoms in total. The summed E-state index contributed by atoms with van der Waals surface area (Å²) in [6.07, 6.45) is 5.64. The predicted molar refractivity (Wildman–Crippen MR) is 112 cm³/mol. The van der Waals surface area contributed by atoms with Crippen molar-refractivity contribution in [1.82, 2.24) is 30.5 Å². The lowest BCUT2D eigenvalue weighted by molar-refractivity contribution is 0.0942. The zero-order valence-electron chi connectivity index (χ0n) is 16.4. The zero-order chi connectivity index (χ0) is 17.6. The first-order chi connectivity index (χ1) is 12.2. The van der Waals surface area contributed by atoms with Crippen LogP contribution in [0.5, 0.6) is 0 Å². The summed E-state index contributed by atoms with van der Waals surface area (Å²) in [7, 11) is 0. The molecule has 2 saturated heterocycles. The van der Waals surface area contributed by atoms with E-state index in [-0.39, 0.29) is 30.7 Å². The summed E-state index contributed by atoms with van der Waals surface area (Å²) in [5, 5.41) is 14.8. The van der Waals surface area contributed by atoms with E-state index in [0.717, 1.165) is 57.1 Å². The molecule has 0 radical (unpaired) electrons. The van der Waals surface area contributed by atoms with Crippen LogP contribution in [-0.2, 0) is 0 Å². The number of amides is 1. The molecule has 1 aromatic rings. The maximum absolute atomic E-state index is 12.5. The summed E-state index contributed by atoms with van der Waals surface area (Å²) in [6, 6.07) is 0.360. The number of carbonyl (C=O) groups excluding carboxylic acids is 1. The van der Waals surface area contributed by atoms with E-state index in [1.54, 1.807) is 0 Å². The van der Waals surface area contributed by atoms with Gasteiger partial charge in [0.2, 0.25) is 0 Å². The molecule has 27 heavy (non-hydrogen) atoms. The molecule has 0 bridgehead atoms. The maximum Gasteiger partial charge on any atom is 0.273 e. The Kier molecular flexibility index (Phi) is 10.6. The van der Waals surface area contributed by atoms with E-state index in [1.807, 2.05) is 11.6 Å². The highest BCUT2D eigenvalue weighted by molar-refractivity contribution is 5.93. The first-order valence-electron chi connectivity index (χ1n) is 9.82. The van der Waals surface area contributed by atoms with Crippen molar-refractivity contribution >= 4 is 30.7 Å².